The molecule has 0 aromatic heterocycles. The fraction of sp³-hybridized carbons (Fsp3) is 0.417. The molecule has 16 heavy (non-hydrogen) atoms. The van der Waals surface area contributed by atoms with Crippen molar-refractivity contribution in [3.63, 3.8) is 0 Å². The number of carbonyl (C=O) groups is 1. The molecule has 2 N–H and O–H groups in total. The summed E-state index contributed by atoms with van der Waals surface area (Å²) in [7, 11) is 0. The van der Waals surface area contributed by atoms with Crippen molar-refractivity contribution in [2.45, 2.75) is 6.92 Å². The lowest BCUT2D eigenvalue weighted by Gasteiger charge is -2.27. The molecule has 0 saturated carbocycles. The molecule has 88 valence electrons. The number of rotatable bonds is 3. The Bertz CT molecular complexity index is 347. The molecule has 2 rings (SSSR count). The van der Waals surface area contributed by atoms with E-state index in [-0.39, 0.29) is 18.3 Å². The van der Waals surface area contributed by atoms with Crippen LogP contribution in [0.1, 0.15) is 15.9 Å². The molecule has 1 aromatic rings. The van der Waals surface area contributed by atoms with E-state index in [0.717, 1.165) is 25.2 Å². The molecule has 0 atom stereocenters. The molecule has 4 heteroatoms. The number of halogens is 1. The molecule has 1 aromatic carbocycles. The number of aryl methyl sites for hydroxylation is 1. The summed E-state index contributed by atoms with van der Waals surface area (Å²) in [6, 6.07) is 7.65. The van der Waals surface area contributed by atoms with E-state index in [1.54, 1.807) is 0 Å². The zero-order chi connectivity index (χ0) is 10.7. The minimum Gasteiger partial charge on any atom is -0.352 e. The number of amides is 1. The van der Waals surface area contributed by atoms with E-state index >= 15 is 0 Å². The summed E-state index contributed by atoms with van der Waals surface area (Å²) in [5.41, 5.74) is 1.92. The third kappa shape index (κ3) is 3.22. The maximum Gasteiger partial charge on any atom is 0.251 e. The maximum atomic E-state index is 11.7. The zero-order valence-electron chi connectivity index (χ0n) is 9.32. The fourth-order valence-corrected chi connectivity index (χ4v) is 1.54. The first kappa shape index (κ1) is 13.0. The monoisotopic (exact) mass is 240 g/mol. The Labute approximate surface area is 102 Å². The molecule has 1 saturated heterocycles. The Balaban J connectivity index is 0.00000128. The van der Waals surface area contributed by atoms with Crippen molar-refractivity contribution in [2.75, 3.05) is 19.6 Å². The summed E-state index contributed by atoms with van der Waals surface area (Å²) < 4.78 is 0. The molecular weight excluding hydrogens is 224 g/mol. The van der Waals surface area contributed by atoms with Crippen molar-refractivity contribution < 1.29 is 4.79 Å². The molecule has 1 amide bonds. The predicted octanol–water partition coefficient (Wildman–Crippen LogP) is 1.37. The van der Waals surface area contributed by atoms with E-state index in [0.29, 0.717) is 5.92 Å². The van der Waals surface area contributed by atoms with Gasteiger partial charge in [0.15, 0.2) is 0 Å². The van der Waals surface area contributed by atoms with Gasteiger partial charge in [0, 0.05) is 31.1 Å². The third-order valence-corrected chi connectivity index (χ3v) is 2.73. The first-order chi connectivity index (χ1) is 7.25. The van der Waals surface area contributed by atoms with Crippen molar-refractivity contribution >= 4 is 18.3 Å². The average molecular weight is 241 g/mol. The summed E-state index contributed by atoms with van der Waals surface area (Å²) in [6.07, 6.45) is 0. The quantitative estimate of drug-likeness (QED) is 0.838. The first-order valence-corrected chi connectivity index (χ1v) is 5.31. The highest BCUT2D eigenvalue weighted by molar-refractivity contribution is 5.94. The Hall–Kier alpha value is -1.06. The van der Waals surface area contributed by atoms with Crippen LogP contribution in [0.3, 0.4) is 0 Å². The largest absolute Gasteiger partial charge is 0.352 e. The van der Waals surface area contributed by atoms with Crippen LogP contribution in [0.5, 0.6) is 0 Å². The fourth-order valence-electron chi connectivity index (χ4n) is 1.54. The van der Waals surface area contributed by atoms with Crippen LogP contribution >= 0.6 is 12.4 Å². The van der Waals surface area contributed by atoms with Crippen LogP contribution in [0.2, 0.25) is 0 Å². The molecule has 1 heterocycles. The lowest BCUT2D eigenvalue weighted by Crippen LogP contribution is -2.48. The molecule has 0 aliphatic carbocycles. The molecule has 0 bridgehead atoms. The second kappa shape index (κ2) is 5.87. The molecular formula is C12H17ClN2O. The van der Waals surface area contributed by atoms with Gasteiger partial charge in [-0.05, 0) is 19.1 Å². The average Bonchev–Trinajstić information content (AvgIpc) is 2.16. The lowest BCUT2D eigenvalue weighted by molar-refractivity contribution is 0.0942. The van der Waals surface area contributed by atoms with E-state index in [4.69, 9.17) is 0 Å². The first-order valence-electron chi connectivity index (χ1n) is 5.31. The molecule has 1 aliphatic heterocycles. The highest BCUT2D eigenvalue weighted by atomic mass is 35.5. The number of nitrogens with one attached hydrogen (secondary N) is 2. The molecule has 0 unspecified atom stereocenters. The van der Waals surface area contributed by atoms with Crippen LogP contribution in [0.15, 0.2) is 24.3 Å². The van der Waals surface area contributed by atoms with Gasteiger partial charge in [-0.15, -0.1) is 12.4 Å². The van der Waals surface area contributed by atoms with Crippen molar-refractivity contribution in [3.05, 3.63) is 35.4 Å². The van der Waals surface area contributed by atoms with Crippen LogP contribution in [-0.2, 0) is 0 Å². The van der Waals surface area contributed by atoms with Crippen molar-refractivity contribution in [1.82, 2.24) is 10.6 Å². The minimum absolute atomic E-state index is 0. The smallest absolute Gasteiger partial charge is 0.251 e. The van der Waals surface area contributed by atoms with E-state index in [2.05, 4.69) is 10.6 Å². The van der Waals surface area contributed by atoms with E-state index in [1.807, 2.05) is 31.2 Å². The summed E-state index contributed by atoms with van der Waals surface area (Å²) in [5, 5.41) is 6.12. The van der Waals surface area contributed by atoms with Crippen LogP contribution in [0.25, 0.3) is 0 Å². The highest BCUT2D eigenvalue weighted by Gasteiger charge is 2.17. The SMILES string of the molecule is Cc1ccc(C(=O)NCC2CNC2)cc1.Cl. The normalized spacial score (nSPS) is 14.8. The van der Waals surface area contributed by atoms with Crippen molar-refractivity contribution in [1.29, 1.82) is 0 Å². The van der Waals surface area contributed by atoms with Crippen molar-refractivity contribution in [3.8, 4) is 0 Å². The number of benzene rings is 1. The second-order valence-corrected chi connectivity index (χ2v) is 4.10. The third-order valence-electron chi connectivity index (χ3n) is 2.73. The maximum absolute atomic E-state index is 11.7. The van der Waals surface area contributed by atoms with Gasteiger partial charge in [-0.1, -0.05) is 17.7 Å². The van der Waals surface area contributed by atoms with Gasteiger partial charge in [0.2, 0.25) is 0 Å². The Morgan fingerprint density at radius 3 is 2.50 bits per heavy atom. The van der Waals surface area contributed by atoms with E-state index < -0.39 is 0 Å². The minimum atomic E-state index is 0. The summed E-state index contributed by atoms with van der Waals surface area (Å²) >= 11 is 0. The number of hydrogen-bond acceptors (Lipinski definition) is 2. The van der Waals surface area contributed by atoms with Gasteiger partial charge in [0.25, 0.3) is 5.91 Å². The zero-order valence-corrected chi connectivity index (χ0v) is 10.1. The topological polar surface area (TPSA) is 41.1 Å². The standard InChI is InChI=1S/C12H16N2O.ClH/c1-9-2-4-11(5-3-9)12(15)14-8-10-6-13-7-10;/h2-5,10,13H,6-8H2,1H3,(H,14,15);1H. The molecule has 1 aliphatic rings. The second-order valence-electron chi connectivity index (χ2n) is 4.10. The predicted molar refractivity (Wildman–Crippen MR) is 67.1 cm³/mol. The number of hydrogen-bond donors (Lipinski definition) is 2. The van der Waals surface area contributed by atoms with Crippen LogP contribution < -0.4 is 10.6 Å². The molecule has 0 spiro atoms. The van der Waals surface area contributed by atoms with Gasteiger partial charge in [0.05, 0.1) is 0 Å². The molecule has 0 radical (unpaired) electrons. The van der Waals surface area contributed by atoms with Crippen molar-refractivity contribution in [2.24, 2.45) is 5.92 Å². The molecule has 3 nitrogen and oxygen atoms in total. The summed E-state index contributed by atoms with van der Waals surface area (Å²) in [4.78, 5) is 11.7. The Morgan fingerprint density at radius 2 is 2.00 bits per heavy atom. The van der Waals surface area contributed by atoms with Gasteiger partial charge in [-0.2, -0.15) is 0 Å². The van der Waals surface area contributed by atoms with Gasteiger partial charge >= 0.3 is 0 Å². The van der Waals surface area contributed by atoms with Crippen LogP contribution in [0.4, 0.5) is 0 Å². The number of carbonyl (C=O) groups excluding carboxylic acids is 1. The van der Waals surface area contributed by atoms with Gasteiger partial charge in [0.1, 0.15) is 0 Å². The van der Waals surface area contributed by atoms with E-state index in [1.165, 1.54) is 5.56 Å². The highest BCUT2D eigenvalue weighted by Crippen LogP contribution is 2.04. The van der Waals surface area contributed by atoms with Gasteiger partial charge < -0.3 is 10.6 Å². The van der Waals surface area contributed by atoms with E-state index in [9.17, 15) is 4.79 Å². The lowest BCUT2D eigenvalue weighted by atomic mass is 10.0. The summed E-state index contributed by atoms with van der Waals surface area (Å²) in [6.45, 7) is 4.84. The summed E-state index contributed by atoms with van der Waals surface area (Å²) in [5.74, 6) is 0.640. The van der Waals surface area contributed by atoms with Gasteiger partial charge in [-0.25, -0.2) is 0 Å². The Kier molecular flexibility index (Phi) is 4.77. The molecule has 1 fully saturated rings. The van der Waals surface area contributed by atoms with Gasteiger partial charge in [-0.3, -0.25) is 4.79 Å². The Morgan fingerprint density at radius 1 is 1.38 bits per heavy atom. The van der Waals surface area contributed by atoms with Crippen LogP contribution in [-0.4, -0.2) is 25.5 Å². The van der Waals surface area contributed by atoms with Crippen LogP contribution in [0, 0.1) is 12.8 Å².